The summed E-state index contributed by atoms with van der Waals surface area (Å²) >= 11 is 0. The molecule has 10 nitrogen and oxygen atoms in total. The lowest BCUT2D eigenvalue weighted by Gasteiger charge is -2.44. The fourth-order valence-electron chi connectivity index (χ4n) is 8.10. The van der Waals surface area contributed by atoms with Crippen LogP contribution in [0.3, 0.4) is 0 Å². The maximum absolute atomic E-state index is 12.6. The van der Waals surface area contributed by atoms with Crippen molar-refractivity contribution in [2.75, 3.05) is 0 Å². The van der Waals surface area contributed by atoms with Crippen molar-refractivity contribution >= 4 is 21.2 Å². The second-order valence-corrected chi connectivity index (χ2v) is 18.3. The van der Waals surface area contributed by atoms with Gasteiger partial charge in [0, 0.05) is 6.42 Å². The second kappa shape index (κ2) is 14.4. The Bertz CT molecular complexity index is 1210. The first-order valence-electron chi connectivity index (χ1n) is 15.9. The topological polar surface area (TPSA) is 182 Å². The average molecular weight is 661 g/mol. The molecule has 3 fully saturated rings. The van der Waals surface area contributed by atoms with Crippen LogP contribution in [0.1, 0.15) is 105 Å². The van der Waals surface area contributed by atoms with Crippen LogP contribution in [0.4, 0.5) is 0 Å². The lowest BCUT2D eigenvalue weighted by molar-refractivity contribution is -0.157. The highest BCUT2D eigenvalue weighted by Gasteiger charge is 2.50. The Kier molecular flexibility index (Phi) is 12.2. The van der Waals surface area contributed by atoms with E-state index in [0.29, 0.717) is 42.6 Å². The quantitative estimate of drug-likeness (QED) is 0.111. The van der Waals surface area contributed by atoms with Crippen molar-refractivity contribution < 1.29 is 48.4 Å². The molecule has 0 aromatic rings. The Morgan fingerprint density at radius 3 is 2.39 bits per heavy atom. The molecule has 0 aromatic carbocycles. The molecule has 0 aliphatic heterocycles. The fraction of sp³-hybridized carbons (Fsp3) is 0.781. The lowest BCUT2D eigenvalue weighted by atomic mass is 9.60. The summed E-state index contributed by atoms with van der Waals surface area (Å²) in [6, 6.07) is 0. The van der Waals surface area contributed by atoms with Crippen molar-refractivity contribution in [3.63, 3.8) is 0 Å². The summed E-state index contributed by atoms with van der Waals surface area (Å²) in [5.74, 6) is 0.587. The number of aliphatic hydroxyl groups excluding tert-OH is 2. The normalized spacial score (nSPS) is 32.4. The lowest BCUT2D eigenvalue weighted by Crippen LogP contribution is -2.36. The van der Waals surface area contributed by atoms with Gasteiger partial charge in [-0.1, -0.05) is 51.5 Å². The van der Waals surface area contributed by atoms with Crippen LogP contribution in [0, 0.1) is 23.2 Å². The average Bonchev–Trinajstić information content (AvgIpc) is 3.24. The molecule has 3 aliphatic rings. The molecule has 2 unspecified atom stereocenters. The van der Waals surface area contributed by atoms with Gasteiger partial charge in [-0.15, -0.1) is 0 Å². The fourth-order valence-corrected chi connectivity index (χ4v) is 10.6. The number of carbonyl (C=O) groups excluding carboxylic acids is 1. The van der Waals surface area contributed by atoms with Crippen molar-refractivity contribution in [1.82, 2.24) is 0 Å². The van der Waals surface area contributed by atoms with E-state index < -0.39 is 56.7 Å². The summed E-state index contributed by atoms with van der Waals surface area (Å²) in [6.07, 6.45) is 11.0. The third-order valence-corrected chi connectivity index (χ3v) is 13.9. The van der Waals surface area contributed by atoms with E-state index >= 15 is 0 Å². The van der Waals surface area contributed by atoms with Crippen LogP contribution in [0.2, 0.25) is 0 Å². The van der Waals surface area contributed by atoms with Gasteiger partial charge in [-0.3, -0.25) is 13.9 Å². The number of aliphatic hydroxyl groups is 2. The van der Waals surface area contributed by atoms with Gasteiger partial charge in [0.25, 0.3) is 0 Å². The summed E-state index contributed by atoms with van der Waals surface area (Å²) in [4.78, 5) is 50.8. The number of ether oxygens (including phenoxy) is 1. The zero-order chi connectivity index (χ0) is 33.3. The Morgan fingerprint density at radius 1 is 1.11 bits per heavy atom. The number of hydrogen-bond donors (Lipinski definition) is 6. The molecule has 0 heterocycles. The highest BCUT2D eigenvalue weighted by molar-refractivity contribution is 7.57. The van der Waals surface area contributed by atoms with Crippen LogP contribution in [0.5, 0.6) is 0 Å². The summed E-state index contributed by atoms with van der Waals surface area (Å²) in [6.45, 7) is 13.3. The number of rotatable bonds is 12. The summed E-state index contributed by atoms with van der Waals surface area (Å²) in [7, 11) is -9.78. The van der Waals surface area contributed by atoms with Crippen molar-refractivity contribution in [2.24, 2.45) is 23.2 Å². The minimum atomic E-state index is -4.96. The molecule has 252 valence electrons. The van der Waals surface area contributed by atoms with Crippen molar-refractivity contribution in [2.45, 2.75) is 134 Å². The number of carbonyl (C=O) groups is 1. The molecule has 0 saturated heterocycles. The van der Waals surface area contributed by atoms with Crippen molar-refractivity contribution in [1.29, 1.82) is 0 Å². The highest BCUT2D eigenvalue weighted by Crippen LogP contribution is 2.60. The molecule has 3 saturated carbocycles. The Hall–Kier alpha value is -1.09. The molecular weight excluding hydrogens is 606 g/mol. The molecule has 12 heteroatoms. The van der Waals surface area contributed by atoms with E-state index in [1.54, 1.807) is 13.8 Å². The predicted octanol–water partition coefficient (Wildman–Crippen LogP) is 5.76. The number of fused-ring (bicyclic) bond motifs is 1. The molecule has 44 heavy (non-hydrogen) atoms. The van der Waals surface area contributed by atoms with Crippen LogP contribution in [0.25, 0.3) is 0 Å². The molecule has 3 rings (SSSR count). The maximum Gasteiger partial charge on any atom is 0.330 e. The van der Waals surface area contributed by atoms with Gasteiger partial charge in [-0.05, 0) is 99.5 Å². The van der Waals surface area contributed by atoms with Crippen LogP contribution < -0.4 is 0 Å². The predicted molar refractivity (Wildman–Crippen MR) is 170 cm³/mol. The summed E-state index contributed by atoms with van der Waals surface area (Å²) < 4.78 is 29.1. The maximum atomic E-state index is 12.6. The van der Waals surface area contributed by atoms with Gasteiger partial charge in [0.1, 0.15) is 5.60 Å². The van der Waals surface area contributed by atoms with Gasteiger partial charge in [-0.2, -0.15) is 0 Å². The summed E-state index contributed by atoms with van der Waals surface area (Å²) in [5, 5.41) is 20.3. The first kappa shape index (κ1) is 37.4. The van der Waals surface area contributed by atoms with Crippen molar-refractivity contribution in [3.05, 3.63) is 35.5 Å². The molecule has 0 radical (unpaired) electrons. The molecule has 0 bridgehead atoms. The molecule has 6 N–H and O–H groups in total. The molecule has 3 aliphatic carbocycles. The van der Waals surface area contributed by atoms with Gasteiger partial charge < -0.3 is 34.5 Å². The van der Waals surface area contributed by atoms with Gasteiger partial charge in [0.15, 0.2) is 0 Å². The Balaban J connectivity index is 1.58. The minimum absolute atomic E-state index is 0.180. The van der Waals surface area contributed by atoms with Crippen LogP contribution >= 0.6 is 15.2 Å². The van der Waals surface area contributed by atoms with Gasteiger partial charge in [0.05, 0.1) is 29.9 Å². The number of hydrogen-bond acceptors (Lipinski definition) is 6. The van der Waals surface area contributed by atoms with Crippen LogP contribution in [-0.4, -0.2) is 64.9 Å². The molecule has 0 spiro atoms. The third kappa shape index (κ3) is 9.25. The van der Waals surface area contributed by atoms with E-state index in [-0.39, 0.29) is 5.41 Å². The zero-order valence-electron chi connectivity index (χ0n) is 26.9. The first-order chi connectivity index (χ1) is 20.2. The van der Waals surface area contributed by atoms with Gasteiger partial charge in [-0.25, -0.2) is 0 Å². The smallest absolute Gasteiger partial charge is 0.330 e. The zero-order valence-corrected chi connectivity index (χ0v) is 28.7. The SMILES string of the molecule is C=C1/C(=C\C=C2/CCC[C@]3(C)[C@@H]([C@H](C)CCCC(C)(C)OC(=O)CC(C(C)P(=O)(O)O)P(=O)(O)O)CC[C@@H]23)C[C@@H](O)C[C@@H]1O. The molecule has 0 amide bonds. The van der Waals surface area contributed by atoms with E-state index in [4.69, 9.17) is 4.74 Å². The first-order valence-corrected chi connectivity index (χ1v) is 19.3. The van der Waals surface area contributed by atoms with Crippen LogP contribution in [0.15, 0.2) is 35.5 Å². The van der Waals surface area contributed by atoms with E-state index in [9.17, 15) is 43.7 Å². The highest BCUT2D eigenvalue weighted by atomic mass is 31.2. The van der Waals surface area contributed by atoms with Gasteiger partial charge in [0.2, 0.25) is 0 Å². The van der Waals surface area contributed by atoms with Crippen molar-refractivity contribution in [3.8, 4) is 0 Å². The van der Waals surface area contributed by atoms with E-state index in [1.807, 2.05) is 0 Å². The second-order valence-electron chi connectivity index (χ2n) is 14.5. The largest absolute Gasteiger partial charge is 0.460 e. The Morgan fingerprint density at radius 2 is 1.77 bits per heavy atom. The van der Waals surface area contributed by atoms with E-state index in [0.717, 1.165) is 51.0 Å². The third-order valence-electron chi connectivity index (χ3n) is 10.7. The van der Waals surface area contributed by atoms with E-state index in [1.165, 1.54) is 12.0 Å². The molecule has 8 atom stereocenters. The Labute approximate surface area is 262 Å². The van der Waals surface area contributed by atoms with Gasteiger partial charge >= 0.3 is 21.2 Å². The van der Waals surface area contributed by atoms with E-state index in [2.05, 4.69) is 32.6 Å². The standard InChI is InChI=1S/C32H54O10P2/c1-20(9-7-15-31(4,5)42-30(35)19-29(44(39,40)41)22(3)43(36,37)38)26-13-14-27-23(10-8-16-32(26,27)6)11-12-24-17-25(33)18-28(34)21(24)2/h11-12,20,22,25-29,33-34H,2,7-10,13-19H2,1,3-6H3,(H2,36,37,38)(H2,39,40,41)/b23-11+,24-12-/t20-,22?,25-,26-,27+,28+,29?,32-/m1/s1. The molecular formula is C32H54O10P2. The molecule has 0 aromatic heterocycles. The summed E-state index contributed by atoms with van der Waals surface area (Å²) in [5.41, 5.74) is -1.16. The number of allylic oxidation sites excluding steroid dienone is 3. The monoisotopic (exact) mass is 660 g/mol. The minimum Gasteiger partial charge on any atom is -0.460 e. The number of esters is 1. The van der Waals surface area contributed by atoms with Crippen LogP contribution in [-0.2, 0) is 18.7 Å².